The van der Waals surface area contributed by atoms with Gasteiger partial charge in [0.15, 0.2) is 0 Å². The smallest absolute Gasteiger partial charge is 0.0726 e. The second kappa shape index (κ2) is 5.80. The van der Waals surface area contributed by atoms with Gasteiger partial charge >= 0.3 is 0 Å². The molecule has 4 nitrogen and oxygen atoms in total. The molecule has 0 aliphatic carbocycles. The van der Waals surface area contributed by atoms with E-state index in [4.69, 9.17) is 0 Å². The van der Waals surface area contributed by atoms with Crippen LogP contribution in [0.15, 0.2) is 0 Å². The number of nitrogens with zero attached hydrogens (tertiary/aromatic N) is 1. The van der Waals surface area contributed by atoms with Crippen molar-refractivity contribution < 1.29 is 0 Å². The minimum absolute atomic E-state index is 0.556. The molecule has 2 atom stereocenters. The van der Waals surface area contributed by atoms with E-state index in [0.717, 1.165) is 26.2 Å². The van der Waals surface area contributed by atoms with E-state index in [1.54, 1.807) is 0 Å². The first-order valence-electron chi connectivity index (χ1n) is 6.31. The lowest BCUT2D eigenvalue weighted by Gasteiger charge is -2.40. The van der Waals surface area contributed by atoms with Gasteiger partial charge in [0.2, 0.25) is 0 Å². The molecule has 0 amide bonds. The molecule has 0 spiro atoms. The van der Waals surface area contributed by atoms with Gasteiger partial charge in [-0.2, -0.15) is 0 Å². The highest BCUT2D eigenvalue weighted by molar-refractivity contribution is 4.84. The Morgan fingerprint density at radius 3 is 3.07 bits per heavy atom. The lowest BCUT2D eigenvalue weighted by Crippen LogP contribution is -2.60. The van der Waals surface area contributed by atoms with Crippen molar-refractivity contribution in [3.8, 4) is 0 Å². The molecule has 0 radical (unpaired) electrons. The number of hydrogen-bond acceptors (Lipinski definition) is 4. The van der Waals surface area contributed by atoms with Crippen molar-refractivity contribution in [3.05, 3.63) is 0 Å². The zero-order valence-corrected chi connectivity index (χ0v) is 9.76. The number of likely N-dealkylation sites (tertiary alicyclic amines) is 1. The molecular weight excluding hydrogens is 188 g/mol. The molecular formula is C11H24N4. The molecule has 2 aliphatic heterocycles. The van der Waals surface area contributed by atoms with Crippen molar-refractivity contribution in [1.29, 1.82) is 0 Å². The van der Waals surface area contributed by atoms with E-state index >= 15 is 0 Å². The highest BCUT2D eigenvalue weighted by Gasteiger charge is 2.25. The standard InChI is InChI=1S/C11H24N4/c1-2-13-10-4-3-7-15(9-10)11-8-12-5-6-14-11/h10-14H,2-9H2,1H3. The summed E-state index contributed by atoms with van der Waals surface area (Å²) in [6.07, 6.45) is 3.22. The fourth-order valence-corrected chi connectivity index (χ4v) is 2.64. The number of hydrogen-bond donors (Lipinski definition) is 3. The van der Waals surface area contributed by atoms with E-state index in [1.807, 2.05) is 0 Å². The maximum Gasteiger partial charge on any atom is 0.0726 e. The van der Waals surface area contributed by atoms with E-state index in [9.17, 15) is 0 Å². The minimum Gasteiger partial charge on any atom is -0.313 e. The lowest BCUT2D eigenvalue weighted by atomic mass is 10.0. The Balaban J connectivity index is 1.80. The Morgan fingerprint density at radius 1 is 1.40 bits per heavy atom. The largest absolute Gasteiger partial charge is 0.313 e. The molecule has 2 saturated heterocycles. The van der Waals surface area contributed by atoms with Gasteiger partial charge in [-0.1, -0.05) is 6.92 Å². The van der Waals surface area contributed by atoms with Crippen molar-refractivity contribution in [2.24, 2.45) is 0 Å². The topological polar surface area (TPSA) is 39.3 Å². The molecule has 88 valence electrons. The third kappa shape index (κ3) is 3.14. The van der Waals surface area contributed by atoms with E-state index in [1.165, 1.54) is 25.9 Å². The summed E-state index contributed by atoms with van der Waals surface area (Å²) in [5.74, 6) is 0. The normalized spacial score (nSPS) is 34.2. The van der Waals surface area contributed by atoms with Crippen LogP contribution in [0, 0.1) is 0 Å². The molecule has 0 bridgehead atoms. The summed E-state index contributed by atoms with van der Waals surface area (Å²) in [6, 6.07) is 0.701. The van der Waals surface area contributed by atoms with Gasteiger partial charge in [0.25, 0.3) is 0 Å². The van der Waals surface area contributed by atoms with Crippen LogP contribution in [0.3, 0.4) is 0 Å². The van der Waals surface area contributed by atoms with Crippen molar-refractivity contribution in [3.63, 3.8) is 0 Å². The Labute approximate surface area is 92.8 Å². The van der Waals surface area contributed by atoms with E-state index in [2.05, 4.69) is 27.8 Å². The highest BCUT2D eigenvalue weighted by Crippen LogP contribution is 2.12. The van der Waals surface area contributed by atoms with Crippen molar-refractivity contribution >= 4 is 0 Å². The van der Waals surface area contributed by atoms with Crippen molar-refractivity contribution in [2.75, 3.05) is 39.3 Å². The summed E-state index contributed by atoms with van der Waals surface area (Å²) in [7, 11) is 0. The van der Waals surface area contributed by atoms with Crippen LogP contribution < -0.4 is 16.0 Å². The molecule has 15 heavy (non-hydrogen) atoms. The third-order valence-electron chi connectivity index (χ3n) is 3.41. The molecule has 2 unspecified atom stereocenters. The molecule has 4 heteroatoms. The maximum absolute atomic E-state index is 3.59. The van der Waals surface area contributed by atoms with Gasteiger partial charge in [-0.05, 0) is 25.9 Å². The van der Waals surface area contributed by atoms with Crippen LogP contribution in [0.1, 0.15) is 19.8 Å². The Kier molecular flexibility index (Phi) is 4.38. The van der Waals surface area contributed by atoms with Crippen molar-refractivity contribution in [2.45, 2.75) is 32.0 Å². The van der Waals surface area contributed by atoms with E-state index in [0.29, 0.717) is 12.2 Å². The summed E-state index contributed by atoms with van der Waals surface area (Å²) in [4.78, 5) is 2.59. The third-order valence-corrected chi connectivity index (χ3v) is 3.41. The Hall–Kier alpha value is -0.160. The lowest BCUT2D eigenvalue weighted by molar-refractivity contribution is 0.104. The van der Waals surface area contributed by atoms with Crippen LogP contribution in [-0.4, -0.2) is 56.4 Å². The molecule has 0 saturated carbocycles. The number of piperidine rings is 1. The molecule has 2 fully saturated rings. The first-order valence-corrected chi connectivity index (χ1v) is 6.31. The van der Waals surface area contributed by atoms with Gasteiger partial charge in [0.05, 0.1) is 6.17 Å². The van der Waals surface area contributed by atoms with Gasteiger partial charge in [-0.25, -0.2) is 0 Å². The van der Waals surface area contributed by atoms with E-state index in [-0.39, 0.29) is 0 Å². The van der Waals surface area contributed by atoms with Crippen molar-refractivity contribution in [1.82, 2.24) is 20.9 Å². The van der Waals surface area contributed by atoms with Crippen LogP contribution in [0.2, 0.25) is 0 Å². The number of rotatable bonds is 3. The number of likely N-dealkylation sites (N-methyl/N-ethyl adjacent to an activating group) is 1. The molecule has 3 N–H and O–H groups in total. The van der Waals surface area contributed by atoms with Gasteiger partial charge in [0.1, 0.15) is 0 Å². The first kappa shape index (κ1) is 11.3. The SMILES string of the molecule is CCNC1CCCN(C2CNCCN2)C1. The van der Waals surface area contributed by atoms with Crippen LogP contribution in [0.25, 0.3) is 0 Å². The maximum atomic E-state index is 3.59. The van der Waals surface area contributed by atoms with Gasteiger partial charge < -0.3 is 10.6 Å². The predicted octanol–water partition coefficient (Wildman–Crippen LogP) is -0.421. The Bertz CT molecular complexity index is 177. The molecule has 0 aromatic carbocycles. The van der Waals surface area contributed by atoms with Crippen LogP contribution in [-0.2, 0) is 0 Å². The minimum atomic E-state index is 0.556. The van der Waals surface area contributed by atoms with Crippen LogP contribution in [0.4, 0.5) is 0 Å². The summed E-state index contributed by atoms with van der Waals surface area (Å²) in [5.41, 5.74) is 0. The Morgan fingerprint density at radius 2 is 2.33 bits per heavy atom. The number of piperazine rings is 1. The molecule has 2 aliphatic rings. The van der Waals surface area contributed by atoms with Gasteiger partial charge in [-0.15, -0.1) is 0 Å². The summed E-state index contributed by atoms with van der Waals surface area (Å²) < 4.78 is 0. The second-order valence-corrected chi connectivity index (χ2v) is 4.57. The average Bonchev–Trinajstić information content (AvgIpc) is 2.31. The molecule has 0 aromatic heterocycles. The zero-order chi connectivity index (χ0) is 10.5. The summed E-state index contributed by atoms with van der Waals surface area (Å²) >= 11 is 0. The van der Waals surface area contributed by atoms with Crippen LogP contribution in [0.5, 0.6) is 0 Å². The average molecular weight is 212 g/mol. The van der Waals surface area contributed by atoms with Gasteiger partial charge in [-0.3, -0.25) is 10.2 Å². The quantitative estimate of drug-likeness (QED) is 0.594. The monoisotopic (exact) mass is 212 g/mol. The van der Waals surface area contributed by atoms with Gasteiger partial charge in [0, 0.05) is 32.2 Å². The molecule has 0 aromatic rings. The zero-order valence-electron chi connectivity index (χ0n) is 9.76. The molecule has 2 heterocycles. The number of nitrogens with one attached hydrogen (secondary N) is 3. The predicted molar refractivity (Wildman–Crippen MR) is 62.9 cm³/mol. The highest BCUT2D eigenvalue weighted by atomic mass is 15.3. The fraction of sp³-hybridized carbons (Fsp3) is 1.00. The fourth-order valence-electron chi connectivity index (χ4n) is 2.64. The van der Waals surface area contributed by atoms with E-state index < -0.39 is 0 Å². The van der Waals surface area contributed by atoms with Crippen LogP contribution >= 0.6 is 0 Å². The summed E-state index contributed by atoms with van der Waals surface area (Å²) in [6.45, 7) is 9.05. The summed E-state index contributed by atoms with van der Waals surface area (Å²) in [5, 5.41) is 10.6. The second-order valence-electron chi connectivity index (χ2n) is 4.57. The molecule has 2 rings (SSSR count). The first-order chi connectivity index (χ1) is 7.40.